The molecule has 29 heavy (non-hydrogen) atoms. The lowest BCUT2D eigenvalue weighted by Gasteiger charge is -2.37. The van der Waals surface area contributed by atoms with Gasteiger partial charge in [0, 0.05) is 24.0 Å². The number of hydrogen-bond acceptors (Lipinski definition) is 7. The van der Waals surface area contributed by atoms with E-state index in [4.69, 9.17) is 0 Å². The number of aliphatic hydroxyl groups is 2. The molecule has 1 saturated carbocycles. The standard InChI is InChI=1S/C21H30N4O3S/c26-16-13-15(20(28)22-9-12-25-10-5-2-6-11-25)19-17(18(16)27)24-21(29-19)23-14-7-3-1-4-8-14/h1,3-4,7-8,15-19,26-27H,2,5-6,9-13H2,(H,22,28)(H,23,24)/t15-,16+,17+,18-,19+/m0/s1. The second kappa shape index (κ2) is 9.47. The number of anilines is 1. The van der Waals surface area contributed by atoms with Crippen LogP contribution in [0.1, 0.15) is 25.7 Å². The van der Waals surface area contributed by atoms with Crippen molar-refractivity contribution in [1.82, 2.24) is 10.2 Å². The van der Waals surface area contributed by atoms with Crippen LogP contribution in [-0.2, 0) is 4.79 Å². The molecule has 2 heterocycles. The molecule has 1 aromatic rings. The number of nitrogens with zero attached hydrogens (tertiary/aromatic N) is 2. The summed E-state index contributed by atoms with van der Waals surface area (Å²) in [6.45, 7) is 3.69. The summed E-state index contributed by atoms with van der Waals surface area (Å²) in [7, 11) is 0. The number of nitrogens with one attached hydrogen (secondary N) is 2. The van der Waals surface area contributed by atoms with Gasteiger partial charge >= 0.3 is 0 Å². The summed E-state index contributed by atoms with van der Waals surface area (Å²) in [5, 5.41) is 27.6. The zero-order chi connectivity index (χ0) is 20.2. The quantitative estimate of drug-likeness (QED) is 0.575. The number of carbonyl (C=O) groups excluding carboxylic acids is 1. The number of aliphatic imine (C=N–C) groups is 1. The SMILES string of the molecule is O=C(NCCN1CCCCC1)[C@H]1C[C@@H](O)[C@H](O)[C@H]2N=C(Nc3ccccc3)S[C@@H]21. The Hall–Kier alpha value is -1.61. The van der Waals surface area contributed by atoms with Crippen LogP contribution in [0.2, 0.25) is 0 Å². The summed E-state index contributed by atoms with van der Waals surface area (Å²) in [5.41, 5.74) is 0.912. The molecule has 0 unspecified atom stereocenters. The molecule has 0 spiro atoms. The number of aliphatic hydroxyl groups excluding tert-OH is 2. The molecule has 158 valence electrons. The third kappa shape index (κ3) is 4.94. The van der Waals surface area contributed by atoms with Gasteiger partial charge in [-0.25, -0.2) is 0 Å². The molecule has 2 aliphatic heterocycles. The third-order valence-electron chi connectivity index (χ3n) is 6.02. The minimum atomic E-state index is -0.944. The van der Waals surface area contributed by atoms with Crippen LogP contribution >= 0.6 is 11.8 Å². The van der Waals surface area contributed by atoms with E-state index >= 15 is 0 Å². The molecular weight excluding hydrogens is 388 g/mol. The maximum absolute atomic E-state index is 12.9. The van der Waals surface area contributed by atoms with Crippen LogP contribution in [-0.4, -0.2) is 75.9 Å². The van der Waals surface area contributed by atoms with E-state index < -0.39 is 18.2 Å². The van der Waals surface area contributed by atoms with Crippen molar-refractivity contribution in [2.75, 3.05) is 31.5 Å². The lowest BCUT2D eigenvalue weighted by Crippen LogP contribution is -2.54. The van der Waals surface area contributed by atoms with E-state index in [9.17, 15) is 15.0 Å². The Morgan fingerprint density at radius 1 is 1.17 bits per heavy atom. The van der Waals surface area contributed by atoms with Gasteiger partial charge in [0.1, 0.15) is 6.10 Å². The van der Waals surface area contributed by atoms with Gasteiger partial charge in [0.25, 0.3) is 0 Å². The van der Waals surface area contributed by atoms with Crippen molar-refractivity contribution < 1.29 is 15.0 Å². The summed E-state index contributed by atoms with van der Waals surface area (Å²) >= 11 is 1.49. The van der Waals surface area contributed by atoms with E-state index in [1.165, 1.54) is 31.0 Å². The number of fused-ring (bicyclic) bond motifs is 1. The van der Waals surface area contributed by atoms with Crippen molar-refractivity contribution in [2.45, 2.75) is 49.2 Å². The van der Waals surface area contributed by atoms with Gasteiger partial charge in [-0.2, -0.15) is 0 Å². The topological polar surface area (TPSA) is 97.2 Å². The number of thioether (sulfide) groups is 1. The molecule has 2 fully saturated rings. The molecule has 0 radical (unpaired) electrons. The predicted molar refractivity (Wildman–Crippen MR) is 116 cm³/mol. The molecule has 3 aliphatic rings. The van der Waals surface area contributed by atoms with Crippen LogP contribution in [0, 0.1) is 5.92 Å². The van der Waals surface area contributed by atoms with Crippen LogP contribution in [0.15, 0.2) is 35.3 Å². The van der Waals surface area contributed by atoms with E-state index in [0.29, 0.717) is 11.7 Å². The number of likely N-dealkylation sites (tertiary alicyclic amines) is 1. The fourth-order valence-electron chi connectivity index (χ4n) is 4.40. The second-order valence-corrected chi connectivity index (χ2v) is 9.26. The van der Waals surface area contributed by atoms with Crippen molar-refractivity contribution in [2.24, 2.45) is 10.9 Å². The molecule has 5 atom stereocenters. The van der Waals surface area contributed by atoms with Crippen molar-refractivity contribution >= 4 is 28.5 Å². The first kappa shape index (κ1) is 20.7. The zero-order valence-electron chi connectivity index (χ0n) is 16.5. The summed E-state index contributed by atoms with van der Waals surface area (Å²) in [5.74, 6) is -0.421. The lowest BCUT2D eigenvalue weighted by atomic mass is 9.81. The minimum Gasteiger partial charge on any atom is -0.390 e. The first-order valence-electron chi connectivity index (χ1n) is 10.5. The van der Waals surface area contributed by atoms with Gasteiger partial charge in [-0.15, -0.1) is 0 Å². The fourth-order valence-corrected chi connectivity index (χ4v) is 5.78. The van der Waals surface area contributed by atoms with Crippen molar-refractivity contribution in [3.8, 4) is 0 Å². The highest BCUT2D eigenvalue weighted by Gasteiger charge is 2.50. The first-order chi connectivity index (χ1) is 14.1. The maximum Gasteiger partial charge on any atom is 0.224 e. The number of amides is 1. The monoisotopic (exact) mass is 418 g/mol. The van der Waals surface area contributed by atoms with Gasteiger partial charge < -0.3 is 25.7 Å². The van der Waals surface area contributed by atoms with E-state index in [-0.39, 0.29) is 23.5 Å². The molecule has 0 bridgehead atoms. The Morgan fingerprint density at radius 3 is 2.69 bits per heavy atom. The number of carbonyl (C=O) groups is 1. The summed E-state index contributed by atoms with van der Waals surface area (Å²) < 4.78 is 0. The molecule has 8 heteroatoms. The first-order valence-corrected chi connectivity index (χ1v) is 11.4. The van der Waals surface area contributed by atoms with Gasteiger partial charge in [0.2, 0.25) is 5.91 Å². The van der Waals surface area contributed by atoms with E-state index in [1.54, 1.807) is 0 Å². The normalized spacial score (nSPS) is 32.3. The molecule has 1 aromatic carbocycles. The number of hydrogen-bond donors (Lipinski definition) is 4. The molecule has 4 N–H and O–H groups in total. The Kier molecular flexibility index (Phi) is 6.74. The van der Waals surface area contributed by atoms with Crippen LogP contribution in [0.25, 0.3) is 0 Å². The molecule has 1 saturated heterocycles. The van der Waals surface area contributed by atoms with Crippen molar-refractivity contribution in [3.63, 3.8) is 0 Å². The van der Waals surface area contributed by atoms with Gasteiger partial charge in [-0.1, -0.05) is 36.4 Å². The number of para-hydroxylation sites is 1. The van der Waals surface area contributed by atoms with Gasteiger partial charge in [0.05, 0.1) is 18.1 Å². The van der Waals surface area contributed by atoms with Crippen molar-refractivity contribution in [1.29, 1.82) is 0 Å². The molecule has 1 aliphatic carbocycles. The van der Waals surface area contributed by atoms with Gasteiger partial charge in [-0.3, -0.25) is 9.79 Å². The second-order valence-electron chi connectivity index (χ2n) is 8.09. The van der Waals surface area contributed by atoms with Crippen LogP contribution in [0.3, 0.4) is 0 Å². The number of piperidine rings is 1. The molecule has 1 amide bonds. The van der Waals surface area contributed by atoms with Gasteiger partial charge in [0.15, 0.2) is 5.17 Å². The van der Waals surface area contributed by atoms with Gasteiger partial charge in [-0.05, 0) is 44.5 Å². The predicted octanol–water partition coefficient (Wildman–Crippen LogP) is 1.28. The average Bonchev–Trinajstić information content (AvgIpc) is 3.16. The highest BCUT2D eigenvalue weighted by atomic mass is 32.2. The number of rotatable bonds is 5. The van der Waals surface area contributed by atoms with E-state index in [0.717, 1.165) is 25.3 Å². The fraction of sp³-hybridized carbons (Fsp3) is 0.619. The third-order valence-corrected chi connectivity index (χ3v) is 7.33. The number of benzene rings is 1. The Balaban J connectivity index is 1.36. The van der Waals surface area contributed by atoms with Crippen LogP contribution < -0.4 is 10.6 Å². The maximum atomic E-state index is 12.9. The summed E-state index contributed by atoms with van der Waals surface area (Å²) in [4.78, 5) is 19.9. The molecular formula is C21H30N4O3S. The van der Waals surface area contributed by atoms with E-state index in [2.05, 4.69) is 20.5 Å². The highest BCUT2D eigenvalue weighted by Crippen LogP contribution is 2.41. The van der Waals surface area contributed by atoms with Crippen molar-refractivity contribution in [3.05, 3.63) is 30.3 Å². The Bertz CT molecular complexity index is 726. The Labute approximate surface area is 176 Å². The lowest BCUT2D eigenvalue weighted by molar-refractivity contribution is -0.129. The molecule has 0 aromatic heterocycles. The van der Waals surface area contributed by atoms with Crippen LogP contribution in [0.5, 0.6) is 0 Å². The summed E-state index contributed by atoms with van der Waals surface area (Å²) in [6, 6.07) is 9.23. The van der Waals surface area contributed by atoms with E-state index in [1.807, 2.05) is 30.3 Å². The average molecular weight is 419 g/mol. The molecule has 7 nitrogen and oxygen atoms in total. The smallest absolute Gasteiger partial charge is 0.224 e. The minimum absolute atomic E-state index is 0.0494. The Morgan fingerprint density at radius 2 is 1.93 bits per heavy atom. The summed E-state index contributed by atoms with van der Waals surface area (Å²) in [6.07, 6.45) is 2.14. The van der Waals surface area contributed by atoms with Crippen LogP contribution in [0.4, 0.5) is 5.69 Å². The largest absolute Gasteiger partial charge is 0.390 e. The highest BCUT2D eigenvalue weighted by molar-refractivity contribution is 8.15. The zero-order valence-corrected chi connectivity index (χ0v) is 17.4. The molecule has 4 rings (SSSR count). The number of amidine groups is 1.